The van der Waals surface area contributed by atoms with E-state index < -0.39 is 13.4 Å². The van der Waals surface area contributed by atoms with Gasteiger partial charge in [-0.2, -0.15) is 0 Å². The Kier molecular flexibility index (Phi) is 9.54. The highest BCUT2D eigenvalue weighted by Crippen LogP contribution is 2.62. The number of carbonyl (C=O) groups excluding carboxylic acids is 1. The summed E-state index contributed by atoms with van der Waals surface area (Å²) in [6.07, 6.45) is 7.03. The molecule has 3 rings (SSSR count). The minimum atomic E-state index is -3.66. The van der Waals surface area contributed by atoms with Gasteiger partial charge < -0.3 is 18.8 Å². The zero-order valence-corrected chi connectivity index (χ0v) is 20.0. The van der Waals surface area contributed by atoms with Gasteiger partial charge in [0, 0.05) is 12.6 Å². The smallest absolute Gasteiger partial charge is 0.355 e. The van der Waals surface area contributed by atoms with Crippen LogP contribution in [0.2, 0.25) is 0 Å². The predicted molar refractivity (Wildman–Crippen MR) is 124 cm³/mol. The van der Waals surface area contributed by atoms with E-state index in [1.807, 2.05) is 35.2 Å². The van der Waals surface area contributed by atoms with Crippen LogP contribution in [-0.4, -0.2) is 36.6 Å². The van der Waals surface area contributed by atoms with Crippen molar-refractivity contribution in [1.82, 2.24) is 10.2 Å². The molecule has 1 aromatic carbocycles. The van der Waals surface area contributed by atoms with Crippen LogP contribution in [0.15, 0.2) is 53.1 Å². The Morgan fingerprint density at radius 2 is 1.78 bits per heavy atom. The molecule has 8 heteroatoms. The summed E-state index contributed by atoms with van der Waals surface area (Å²) >= 11 is 0. The van der Waals surface area contributed by atoms with Crippen LogP contribution < -0.4 is 5.32 Å². The summed E-state index contributed by atoms with van der Waals surface area (Å²) in [5.74, 6) is -0.477. The molecule has 0 spiro atoms. The molecule has 0 aliphatic heterocycles. The van der Waals surface area contributed by atoms with Gasteiger partial charge in [0.05, 0.1) is 26.0 Å². The van der Waals surface area contributed by atoms with Crippen molar-refractivity contribution in [1.29, 1.82) is 0 Å². The molecule has 2 aromatic rings. The number of furan rings is 1. The molecule has 1 fully saturated rings. The molecule has 1 aromatic heterocycles. The number of hydrogen-bond donors (Lipinski definition) is 1. The molecule has 1 aliphatic rings. The lowest BCUT2D eigenvalue weighted by molar-refractivity contribution is -0.123. The Bertz CT molecular complexity index is 843. The van der Waals surface area contributed by atoms with Gasteiger partial charge in [-0.05, 0) is 44.4 Å². The molecule has 0 radical (unpaired) electrons. The van der Waals surface area contributed by atoms with E-state index in [0.717, 1.165) is 31.2 Å². The van der Waals surface area contributed by atoms with Crippen LogP contribution in [0.1, 0.15) is 63.1 Å². The maximum atomic E-state index is 13.9. The largest absolute Gasteiger partial charge is 0.467 e. The summed E-state index contributed by atoms with van der Waals surface area (Å²) < 4.78 is 31.0. The summed E-state index contributed by atoms with van der Waals surface area (Å²) in [4.78, 5) is 14.9. The topological polar surface area (TPSA) is 81.0 Å². The van der Waals surface area contributed by atoms with E-state index in [-0.39, 0.29) is 31.7 Å². The lowest BCUT2D eigenvalue weighted by Gasteiger charge is -2.34. The molecule has 32 heavy (non-hydrogen) atoms. The summed E-state index contributed by atoms with van der Waals surface area (Å²) in [7, 11) is -3.66. The van der Waals surface area contributed by atoms with E-state index >= 15 is 0 Å². The van der Waals surface area contributed by atoms with Crippen LogP contribution in [0.3, 0.4) is 0 Å². The second-order valence-electron chi connectivity index (χ2n) is 8.06. The molecule has 0 bridgehead atoms. The van der Waals surface area contributed by atoms with Crippen molar-refractivity contribution in [2.45, 2.75) is 64.3 Å². The molecule has 1 unspecified atom stereocenters. The van der Waals surface area contributed by atoms with Gasteiger partial charge in [0.2, 0.25) is 5.91 Å². The first-order chi connectivity index (χ1) is 15.6. The first kappa shape index (κ1) is 24.7. The van der Waals surface area contributed by atoms with Crippen molar-refractivity contribution in [3.63, 3.8) is 0 Å². The lowest BCUT2D eigenvalue weighted by Crippen LogP contribution is -2.43. The van der Waals surface area contributed by atoms with E-state index in [2.05, 4.69) is 5.32 Å². The van der Waals surface area contributed by atoms with Crippen LogP contribution >= 0.6 is 7.60 Å². The molecule has 1 aliphatic carbocycles. The second kappa shape index (κ2) is 12.4. The first-order valence-electron chi connectivity index (χ1n) is 11.5. The fraction of sp³-hybridized carbons (Fsp3) is 0.542. The third kappa shape index (κ3) is 6.79. The summed E-state index contributed by atoms with van der Waals surface area (Å²) in [5.41, 5.74) is 0.995. The zero-order valence-electron chi connectivity index (χ0n) is 19.1. The summed E-state index contributed by atoms with van der Waals surface area (Å²) in [6.45, 7) is 4.46. The Balaban J connectivity index is 1.91. The molecule has 7 nitrogen and oxygen atoms in total. The number of hydrogen-bond acceptors (Lipinski definition) is 6. The Morgan fingerprint density at radius 3 is 2.38 bits per heavy atom. The number of nitrogens with one attached hydrogen (secondary N) is 1. The average Bonchev–Trinajstić information content (AvgIpc) is 3.29. The molecule has 1 amide bonds. The van der Waals surface area contributed by atoms with E-state index in [9.17, 15) is 9.36 Å². The van der Waals surface area contributed by atoms with Crippen LogP contribution in [0.4, 0.5) is 0 Å². The fourth-order valence-corrected chi connectivity index (χ4v) is 6.36. The molecular weight excluding hydrogens is 427 g/mol. The van der Waals surface area contributed by atoms with Gasteiger partial charge in [0.25, 0.3) is 0 Å². The highest BCUT2D eigenvalue weighted by atomic mass is 31.2. The van der Waals surface area contributed by atoms with Gasteiger partial charge in [-0.25, -0.2) is 0 Å². The molecule has 176 valence electrons. The van der Waals surface area contributed by atoms with Crippen LogP contribution in [0, 0.1) is 0 Å². The van der Waals surface area contributed by atoms with Gasteiger partial charge in [0.15, 0.2) is 5.78 Å². The van der Waals surface area contributed by atoms with E-state index in [1.165, 1.54) is 12.7 Å². The Morgan fingerprint density at radius 1 is 1.09 bits per heavy atom. The third-order valence-corrected chi connectivity index (χ3v) is 8.02. The number of benzene rings is 1. The van der Waals surface area contributed by atoms with Crippen molar-refractivity contribution >= 4 is 13.5 Å². The lowest BCUT2D eigenvalue weighted by atomic mass is 9.95. The standard InChI is InChI=1S/C24H35N2O5P/c1-3-30-32(28,31-4-2)24(22-16-11-17-29-22)26(18-20-12-7-5-8-13-20)19-23(27)25-21-14-9-6-10-15-21/h5,7-8,11-13,16-17,21,24H,3-4,6,9-10,14-15,18-19H2,1-2H3,(H,25,27). The first-order valence-corrected chi connectivity index (χ1v) is 13.2. The van der Waals surface area contributed by atoms with Crippen molar-refractivity contribution in [3.8, 4) is 0 Å². The van der Waals surface area contributed by atoms with E-state index in [4.69, 9.17) is 13.5 Å². The second-order valence-corrected chi connectivity index (χ2v) is 10.1. The molecule has 1 atom stereocenters. The maximum Gasteiger partial charge on any atom is 0.355 e. The normalized spacial score (nSPS) is 16.2. The Hall–Kier alpha value is -1.92. The van der Waals surface area contributed by atoms with Gasteiger partial charge in [0.1, 0.15) is 5.76 Å². The fourth-order valence-electron chi connectivity index (χ4n) is 4.26. The monoisotopic (exact) mass is 462 g/mol. The average molecular weight is 463 g/mol. The van der Waals surface area contributed by atoms with Crippen molar-refractivity contribution in [3.05, 3.63) is 60.1 Å². The molecule has 1 saturated carbocycles. The van der Waals surface area contributed by atoms with Gasteiger partial charge in [-0.1, -0.05) is 49.6 Å². The van der Waals surface area contributed by atoms with Crippen LogP contribution in [0.5, 0.6) is 0 Å². The predicted octanol–water partition coefficient (Wildman–Crippen LogP) is 5.50. The summed E-state index contributed by atoms with van der Waals surface area (Å²) in [5, 5.41) is 3.17. The van der Waals surface area contributed by atoms with E-state index in [1.54, 1.807) is 26.0 Å². The minimum Gasteiger partial charge on any atom is -0.467 e. The number of amides is 1. The van der Waals surface area contributed by atoms with Gasteiger partial charge in [-0.15, -0.1) is 0 Å². The zero-order chi connectivity index (χ0) is 22.8. The van der Waals surface area contributed by atoms with Gasteiger partial charge >= 0.3 is 7.60 Å². The maximum absolute atomic E-state index is 13.9. The quantitative estimate of drug-likeness (QED) is 0.420. The molecular formula is C24H35N2O5P. The van der Waals surface area contributed by atoms with Crippen LogP contribution in [-0.2, 0) is 25.0 Å². The number of rotatable bonds is 12. The van der Waals surface area contributed by atoms with Crippen molar-refractivity contribution < 1.29 is 22.8 Å². The number of nitrogens with zero attached hydrogens (tertiary/aromatic N) is 1. The summed E-state index contributed by atoms with van der Waals surface area (Å²) in [6, 6.07) is 13.5. The highest BCUT2D eigenvalue weighted by molar-refractivity contribution is 7.54. The Labute approximate surface area is 191 Å². The van der Waals surface area contributed by atoms with Crippen LogP contribution in [0.25, 0.3) is 0 Å². The van der Waals surface area contributed by atoms with Gasteiger partial charge in [-0.3, -0.25) is 14.3 Å². The third-order valence-electron chi connectivity index (χ3n) is 5.61. The number of carbonyl (C=O) groups is 1. The minimum absolute atomic E-state index is 0.0564. The SMILES string of the molecule is CCOP(=O)(OCC)C(c1ccco1)N(CC(=O)NC1CCCCC1)Cc1ccccc1. The van der Waals surface area contributed by atoms with E-state index in [0.29, 0.717) is 12.3 Å². The molecule has 1 heterocycles. The van der Waals surface area contributed by atoms with Crippen molar-refractivity contribution in [2.24, 2.45) is 0 Å². The molecule has 1 N–H and O–H groups in total. The highest BCUT2D eigenvalue weighted by Gasteiger charge is 2.44. The molecule has 0 saturated heterocycles. The van der Waals surface area contributed by atoms with Crippen molar-refractivity contribution in [2.75, 3.05) is 19.8 Å².